The van der Waals surface area contributed by atoms with Gasteiger partial charge in [0, 0.05) is 11.5 Å². The predicted octanol–water partition coefficient (Wildman–Crippen LogP) is 2.83. The fraction of sp³-hybridized carbons (Fsp3) is 0.786. The van der Waals surface area contributed by atoms with E-state index in [0.717, 1.165) is 32.1 Å². The van der Waals surface area contributed by atoms with Crippen LogP contribution in [-0.4, -0.2) is 22.8 Å². The summed E-state index contributed by atoms with van der Waals surface area (Å²) >= 11 is 0. The monoisotopic (exact) mass is 240 g/mol. The maximum atomic E-state index is 11.6. The molecule has 1 fully saturated rings. The van der Waals surface area contributed by atoms with Crippen LogP contribution < -0.4 is 0 Å². The Morgan fingerprint density at radius 1 is 1.35 bits per heavy atom. The average Bonchev–Trinajstić information content (AvgIpc) is 2.42. The van der Waals surface area contributed by atoms with E-state index in [9.17, 15) is 9.90 Å². The van der Waals surface area contributed by atoms with E-state index in [4.69, 9.17) is 4.74 Å². The van der Waals surface area contributed by atoms with Gasteiger partial charge in [0.2, 0.25) is 0 Å². The molecule has 1 saturated carbocycles. The van der Waals surface area contributed by atoms with E-state index in [1.807, 2.05) is 13.8 Å². The van der Waals surface area contributed by atoms with Crippen LogP contribution in [0.25, 0.3) is 0 Å². The Labute approximate surface area is 104 Å². The highest BCUT2D eigenvalue weighted by Crippen LogP contribution is 2.34. The van der Waals surface area contributed by atoms with Gasteiger partial charge in [0.1, 0.15) is 5.60 Å². The van der Waals surface area contributed by atoms with Crippen molar-refractivity contribution in [2.45, 2.75) is 64.6 Å². The Morgan fingerprint density at radius 3 is 2.53 bits per heavy atom. The van der Waals surface area contributed by atoms with Gasteiger partial charge in [0.15, 0.2) is 0 Å². The van der Waals surface area contributed by atoms with E-state index in [0.29, 0.717) is 5.57 Å². The van der Waals surface area contributed by atoms with Crippen LogP contribution in [0.5, 0.6) is 0 Å². The summed E-state index contributed by atoms with van der Waals surface area (Å²) in [6, 6.07) is 0. The standard InChI is InChI=1S/C14H24O3/c1-10(2)13(16)17-14(3,4)11-7-5-6-8-12(15)9-11/h11-12,15H,1,5-9H2,2-4H3. The number of esters is 1. The van der Waals surface area contributed by atoms with Crippen LogP contribution in [0, 0.1) is 5.92 Å². The van der Waals surface area contributed by atoms with Crippen molar-refractivity contribution in [1.29, 1.82) is 0 Å². The van der Waals surface area contributed by atoms with Crippen molar-refractivity contribution in [2.75, 3.05) is 0 Å². The molecule has 0 radical (unpaired) electrons. The fourth-order valence-electron chi connectivity index (χ4n) is 2.38. The lowest BCUT2D eigenvalue weighted by molar-refractivity contribution is -0.158. The van der Waals surface area contributed by atoms with Crippen molar-refractivity contribution in [1.82, 2.24) is 0 Å². The zero-order valence-corrected chi connectivity index (χ0v) is 11.2. The number of ether oxygens (including phenoxy) is 1. The summed E-state index contributed by atoms with van der Waals surface area (Å²) in [6.45, 7) is 9.10. The molecular formula is C14H24O3. The molecule has 1 aliphatic rings. The third-order valence-corrected chi connectivity index (χ3v) is 3.58. The highest BCUT2D eigenvalue weighted by atomic mass is 16.6. The first-order valence-electron chi connectivity index (χ1n) is 6.40. The minimum absolute atomic E-state index is 0.225. The molecular weight excluding hydrogens is 216 g/mol. The molecule has 2 atom stereocenters. The molecule has 1 aliphatic carbocycles. The summed E-state index contributed by atoms with van der Waals surface area (Å²) in [5, 5.41) is 9.81. The Hall–Kier alpha value is -0.830. The molecule has 0 aromatic heterocycles. The lowest BCUT2D eigenvalue weighted by Gasteiger charge is -2.34. The van der Waals surface area contributed by atoms with Crippen LogP contribution in [0.4, 0.5) is 0 Å². The van der Waals surface area contributed by atoms with Gasteiger partial charge in [0.25, 0.3) is 0 Å². The van der Waals surface area contributed by atoms with Crippen molar-refractivity contribution in [3.05, 3.63) is 12.2 Å². The molecule has 0 aromatic carbocycles. The molecule has 17 heavy (non-hydrogen) atoms. The Morgan fingerprint density at radius 2 is 1.94 bits per heavy atom. The molecule has 3 nitrogen and oxygen atoms in total. The van der Waals surface area contributed by atoms with Crippen molar-refractivity contribution < 1.29 is 14.6 Å². The maximum Gasteiger partial charge on any atom is 0.333 e. The smallest absolute Gasteiger partial charge is 0.333 e. The second-order valence-corrected chi connectivity index (χ2v) is 5.64. The Kier molecular flexibility index (Phi) is 4.75. The highest BCUT2D eigenvalue weighted by molar-refractivity contribution is 5.87. The van der Waals surface area contributed by atoms with Gasteiger partial charge in [-0.3, -0.25) is 0 Å². The molecule has 3 heteroatoms. The fourth-order valence-corrected chi connectivity index (χ4v) is 2.38. The van der Waals surface area contributed by atoms with Gasteiger partial charge >= 0.3 is 5.97 Å². The minimum Gasteiger partial charge on any atom is -0.456 e. The zero-order valence-electron chi connectivity index (χ0n) is 11.2. The first-order valence-corrected chi connectivity index (χ1v) is 6.40. The van der Waals surface area contributed by atoms with E-state index in [1.165, 1.54) is 0 Å². The summed E-state index contributed by atoms with van der Waals surface area (Å²) in [4.78, 5) is 11.6. The summed E-state index contributed by atoms with van der Waals surface area (Å²) < 4.78 is 5.49. The quantitative estimate of drug-likeness (QED) is 0.469. The SMILES string of the molecule is C=C(C)C(=O)OC(C)(C)C1CCCCC(O)C1. The van der Waals surface area contributed by atoms with E-state index in [1.54, 1.807) is 6.92 Å². The number of hydrogen-bond acceptors (Lipinski definition) is 3. The normalized spacial score (nSPS) is 26.1. The van der Waals surface area contributed by atoms with E-state index >= 15 is 0 Å². The summed E-state index contributed by atoms with van der Waals surface area (Å²) in [7, 11) is 0. The lowest BCUT2D eigenvalue weighted by atomic mass is 9.84. The molecule has 2 unspecified atom stereocenters. The van der Waals surface area contributed by atoms with Crippen LogP contribution in [0.1, 0.15) is 52.9 Å². The van der Waals surface area contributed by atoms with Gasteiger partial charge in [0.05, 0.1) is 6.10 Å². The van der Waals surface area contributed by atoms with Crippen molar-refractivity contribution in [2.24, 2.45) is 5.92 Å². The molecule has 0 saturated heterocycles. The summed E-state index contributed by atoms with van der Waals surface area (Å²) in [6.07, 6.45) is 4.48. The molecule has 0 bridgehead atoms. The molecule has 1 N–H and O–H groups in total. The van der Waals surface area contributed by atoms with Crippen molar-refractivity contribution >= 4 is 5.97 Å². The Balaban J connectivity index is 2.67. The molecule has 0 spiro atoms. The van der Waals surface area contributed by atoms with Gasteiger partial charge < -0.3 is 9.84 Å². The lowest BCUT2D eigenvalue weighted by Crippen LogP contribution is -2.38. The van der Waals surface area contributed by atoms with E-state index < -0.39 is 5.60 Å². The van der Waals surface area contributed by atoms with Crippen molar-refractivity contribution in [3.8, 4) is 0 Å². The summed E-state index contributed by atoms with van der Waals surface area (Å²) in [5.41, 5.74) is -0.103. The molecule has 98 valence electrons. The number of rotatable bonds is 3. The van der Waals surface area contributed by atoms with Gasteiger partial charge in [-0.15, -0.1) is 0 Å². The third-order valence-electron chi connectivity index (χ3n) is 3.58. The van der Waals surface area contributed by atoms with Gasteiger partial charge in [-0.05, 0) is 40.0 Å². The topological polar surface area (TPSA) is 46.5 Å². The number of carbonyl (C=O) groups excluding carboxylic acids is 1. The molecule has 0 heterocycles. The predicted molar refractivity (Wildman–Crippen MR) is 67.6 cm³/mol. The second kappa shape index (κ2) is 5.67. The number of hydrogen-bond donors (Lipinski definition) is 1. The number of aliphatic hydroxyl groups is 1. The van der Waals surface area contributed by atoms with Gasteiger partial charge in [-0.2, -0.15) is 0 Å². The van der Waals surface area contributed by atoms with E-state index in [2.05, 4.69) is 6.58 Å². The molecule has 0 aromatic rings. The third kappa shape index (κ3) is 4.15. The maximum absolute atomic E-state index is 11.6. The van der Waals surface area contributed by atoms with E-state index in [-0.39, 0.29) is 18.0 Å². The zero-order chi connectivity index (χ0) is 13.1. The van der Waals surface area contributed by atoms with Crippen LogP contribution in [-0.2, 0) is 9.53 Å². The average molecular weight is 240 g/mol. The number of carbonyl (C=O) groups is 1. The van der Waals surface area contributed by atoms with Crippen LogP contribution >= 0.6 is 0 Å². The molecule has 0 amide bonds. The van der Waals surface area contributed by atoms with Crippen LogP contribution in [0.3, 0.4) is 0 Å². The Bertz CT molecular complexity index is 294. The van der Waals surface area contributed by atoms with Crippen LogP contribution in [0.15, 0.2) is 12.2 Å². The second-order valence-electron chi connectivity index (χ2n) is 5.64. The minimum atomic E-state index is -0.526. The first kappa shape index (κ1) is 14.2. The van der Waals surface area contributed by atoms with Gasteiger partial charge in [-0.1, -0.05) is 19.4 Å². The first-order chi connectivity index (χ1) is 7.83. The molecule has 0 aliphatic heterocycles. The molecule has 1 rings (SSSR count). The highest BCUT2D eigenvalue weighted by Gasteiger charge is 2.35. The van der Waals surface area contributed by atoms with Crippen molar-refractivity contribution in [3.63, 3.8) is 0 Å². The largest absolute Gasteiger partial charge is 0.456 e. The van der Waals surface area contributed by atoms with Crippen LogP contribution in [0.2, 0.25) is 0 Å². The number of aliphatic hydroxyl groups excluding tert-OH is 1. The van der Waals surface area contributed by atoms with Gasteiger partial charge in [-0.25, -0.2) is 4.79 Å². The summed E-state index contributed by atoms with van der Waals surface area (Å²) in [5.74, 6) is -0.114.